The molecule has 0 unspecified atom stereocenters. The molecule has 0 aromatic heterocycles. The molecule has 0 aliphatic carbocycles. The molecule has 1 fully saturated rings. The Morgan fingerprint density at radius 1 is 1.21 bits per heavy atom. The van der Waals surface area contributed by atoms with Gasteiger partial charge in [0.15, 0.2) is 0 Å². The van der Waals surface area contributed by atoms with Crippen molar-refractivity contribution in [3.05, 3.63) is 35.9 Å². The van der Waals surface area contributed by atoms with Gasteiger partial charge in [0.1, 0.15) is 0 Å². The molecule has 1 aliphatic heterocycles. The molecule has 1 aliphatic rings. The average Bonchev–Trinajstić information content (AvgIpc) is 2.42. The van der Waals surface area contributed by atoms with E-state index in [9.17, 15) is 9.59 Å². The second kappa shape index (κ2) is 6.92. The number of carbonyl (C=O) groups excluding carboxylic acids is 2. The molecule has 2 amide bonds. The minimum atomic E-state index is 0.00987. The van der Waals surface area contributed by atoms with Gasteiger partial charge in [0, 0.05) is 26.1 Å². The van der Waals surface area contributed by atoms with E-state index in [1.54, 1.807) is 0 Å². The molecule has 0 spiro atoms. The van der Waals surface area contributed by atoms with Gasteiger partial charge in [-0.15, -0.1) is 0 Å². The van der Waals surface area contributed by atoms with Crippen LogP contribution in [-0.4, -0.2) is 36.3 Å². The van der Waals surface area contributed by atoms with E-state index >= 15 is 0 Å². The third-order valence-corrected chi connectivity index (χ3v) is 3.33. The predicted octanol–water partition coefficient (Wildman–Crippen LogP) is 1.36. The lowest BCUT2D eigenvalue weighted by Crippen LogP contribution is -2.41. The van der Waals surface area contributed by atoms with Gasteiger partial charge >= 0.3 is 0 Å². The number of nitrogens with zero attached hydrogens (tertiary/aromatic N) is 1. The van der Waals surface area contributed by atoms with Gasteiger partial charge in [-0.05, 0) is 18.4 Å². The SMILES string of the molecule is O=C(Cc1ccccc1)NCCN1CCCCC1=O. The molecule has 0 saturated carbocycles. The lowest BCUT2D eigenvalue weighted by molar-refractivity contribution is -0.133. The smallest absolute Gasteiger partial charge is 0.224 e. The average molecular weight is 260 g/mol. The number of carbonyl (C=O) groups is 2. The van der Waals surface area contributed by atoms with Crippen molar-refractivity contribution in [3.63, 3.8) is 0 Å². The number of rotatable bonds is 5. The van der Waals surface area contributed by atoms with E-state index in [1.165, 1.54) is 0 Å². The lowest BCUT2D eigenvalue weighted by atomic mass is 10.1. The summed E-state index contributed by atoms with van der Waals surface area (Å²) in [6.45, 7) is 1.99. The van der Waals surface area contributed by atoms with Gasteiger partial charge in [0.25, 0.3) is 0 Å². The van der Waals surface area contributed by atoms with Gasteiger partial charge in [-0.3, -0.25) is 9.59 Å². The Morgan fingerprint density at radius 3 is 2.74 bits per heavy atom. The molecule has 0 atom stereocenters. The van der Waals surface area contributed by atoms with Crippen LogP contribution in [0.25, 0.3) is 0 Å². The minimum Gasteiger partial charge on any atom is -0.354 e. The zero-order chi connectivity index (χ0) is 13.5. The molecule has 1 aromatic rings. The molecule has 4 heteroatoms. The van der Waals surface area contributed by atoms with Crippen LogP contribution < -0.4 is 5.32 Å². The third kappa shape index (κ3) is 4.39. The van der Waals surface area contributed by atoms with Crippen molar-refractivity contribution in [2.75, 3.05) is 19.6 Å². The van der Waals surface area contributed by atoms with Gasteiger partial charge in [0.2, 0.25) is 11.8 Å². The first-order chi connectivity index (χ1) is 9.25. The summed E-state index contributed by atoms with van der Waals surface area (Å²) in [7, 11) is 0. The minimum absolute atomic E-state index is 0.00987. The van der Waals surface area contributed by atoms with Crippen molar-refractivity contribution in [2.24, 2.45) is 0 Å². The summed E-state index contributed by atoms with van der Waals surface area (Å²) in [6, 6.07) is 9.66. The number of nitrogens with one attached hydrogen (secondary N) is 1. The maximum atomic E-state index is 11.7. The van der Waals surface area contributed by atoms with E-state index in [0.29, 0.717) is 25.9 Å². The highest BCUT2D eigenvalue weighted by Crippen LogP contribution is 2.09. The fourth-order valence-electron chi connectivity index (χ4n) is 2.27. The fraction of sp³-hybridized carbons (Fsp3) is 0.467. The quantitative estimate of drug-likeness (QED) is 0.869. The van der Waals surface area contributed by atoms with Crippen molar-refractivity contribution in [1.29, 1.82) is 0 Å². The Morgan fingerprint density at radius 2 is 2.00 bits per heavy atom. The number of benzene rings is 1. The summed E-state index contributed by atoms with van der Waals surface area (Å²) in [6.07, 6.45) is 3.12. The van der Waals surface area contributed by atoms with Crippen LogP contribution in [-0.2, 0) is 16.0 Å². The summed E-state index contributed by atoms with van der Waals surface area (Å²) in [5, 5.41) is 2.87. The van der Waals surface area contributed by atoms with Gasteiger partial charge in [-0.2, -0.15) is 0 Å². The first-order valence-electron chi connectivity index (χ1n) is 6.84. The maximum Gasteiger partial charge on any atom is 0.224 e. The first kappa shape index (κ1) is 13.6. The topological polar surface area (TPSA) is 49.4 Å². The molecule has 1 aromatic carbocycles. The summed E-state index contributed by atoms with van der Waals surface area (Å²) in [5.41, 5.74) is 1.01. The number of piperidine rings is 1. The number of hydrogen-bond acceptors (Lipinski definition) is 2. The molecular weight excluding hydrogens is 240 g/mol. The Kier molecular flexibility index (Phi) is 4.95. The van der Waals surface area contributed by atoms with Crippen molar-refractivity contribution in [3.8, 4) is 0 Å². The molecule has 19 heavy (non-hydrogen) atoms. The van der Waals surface area contributed by atoms with Crippen LogP contribution in [0.1, 0.15) is 24.8 Å². The Labute approximate surface area is 113 Å². The summed E-state index contributed by atoms with van der Waals surface area (Å²) < 4.78 is 0. The Balaban J connectivity index is 1.68. The molecule has 102 valence electrons. The molecule has 1 heterocycles. The molecular formula is C15H20N2O2. The second-order valence-corrected chi connectivity index (χ2v) is 4.85. The van der Waals surface area contributed by atoms with E-state index in [0.717, 1.165) is 24.9 Å². The molecule has 1 saturated heterocycles. The zero-order valence-corrected chi connectivity index (χ0v) is 11.1. The molecule has 0 bridgehead atoms. The molecule has 0 radical (unpaired) electrons. The van der Waals surface area contributed by atoms with E-state index in [2.05, 4.69) is 5.32 Å². The summed E-state index contributed by atoms with van der Waals surface area (Å²) >= 11 is 0. The van der Waals surface area contributed by atoms with Gasteiger partial charge in [0.05, 0.1) is 6.42 Å². The summed E-state index contributed by atoms with van der Waals surface area (Å²) in [5.74, 6) is 0.221. The van der Waals surface area contributed by atoms with Crippen molar-refractivity contribution in [2.45, 2.75) is 25.7 Å². The monoisotopic (exact) mass is 260 g/mol. The number of amides is 2. The maximum absolute atomic E-state index is 11.7. The molecule has 1 N–H and O–H groups in total. The van der Waals surface area contributed by atoms with Crippen LogP contribution in [0, 0.1) is 0 Å². The summed E-state index contributed by atoms with van der Waals surface area (Å²) in [4.78, 5) is 25.1. The van der Waals surface area contributed by atoms with Crippen LogP contribution in [0.3, 0.4) is 0 Å². The highest BCUT2D eigenvalue weighted by Gasteiger charge is 2.17. The Bertz CT molecular complexity index is 431. The third-order valence-electron chi connectivity index (χ3n) is 3.33. The largest absolute Gasteiger partial charge is 0.354 e. The van der Waals surface area contributed by atoms with Crippen LogP contribution in [0.5, 0.6) is 0 Å². The Hall–Kier alpha value is -1.84. The highest BCUT2D eigenvalue weighted by molar-refractivity contribution is 5.79. The van der Waals surface area contributed by atoms with Gasteiger partial charge in [-0.1, -0.05) is 30.3 Å². The lowest BCUT2D eigenvalue weighted by Gasteiger charge is -2.26. The van der Waals surface area contributed by atoms with Crippen LogP contribution in [0.4, 0.5) is 0 Å². The van der Waals surface area contributed by atoms with Crippen LogP contribution in [0.2, 0.25) is 0 Å². The first-order valence-corrected chi connectivity index (χ1v) is 6.84. The van der Waals surface area contributed by atoms with Crippen molar-refractivity contribution in [1.82, 2.24) is 10.2 Å². The van der Waals surface area contributed by atoms with Crippen molar-refractivity contribution < 1.29 is 9.59 Å². The second-order valence-electron chi connectivity index (χ2n) is 4.85. The molecule has 2 rings (SSSR count). The highest BCUT2D eigenvalue weighted by atomic mass is 16.2. The number of hydrogen-bond donors (Lipinski definition) is 1. The van der Waals surface area contributed by atoms with Crippen LogP contribution >= 0.6 is 0 Å². The normalized spacial score (nSPS) is 15.4. The predicted molar refractivity (Wildman–Crippen MR) is 73.6 cm³/mol. The zero-order valence-electron chi connectivity index (χ0n) is 11.1. The van der Waals surface area contributed by atoms with E-state index < -0.39 is 0 Å². The molecule has 4 nitrogen and oxygen atoms in total. The van der Waals surface area contributed by atoms with Crippen LogP contribution in [0.15, 0.2) is 30.3 Å². The van der Waals surface area contributed by atoms with Gasteiger partial charge < -0.3 is 10.2 Å². The van der Waals surface area contributed by atoms with E-state index in [4.69, 9.17) is 0 Å². The standard InChI is InChI=1S/C15H20N2O2/c18-14(12-13-6-2-1-3-7-13)16-9-11-17-10-5-4-8-15(17)19/h1-3,6-7H,4-5,8-12H2,(H,16,18). The van der Waals surface area contributed by atoms with E-state index in [1.807, 2.05) is 35.2 Å². The fourth-order valence-corrected chi connectivity index (χ4v) is 2.27. The number of likely N-dealkylation sites (tertiary alicyclic amines) is 1. The van der Waals surface area contributed by atoms with Crippen molar-refractivity contribution >= 4 is 11.8 Å². The van der Waals surface area contributed by atoms with Gasteiger partial charge in [-0.25, -0.2) is 0 Å². The van der Waals surface area contributed by atoms with E-state index in [-0.39, 0.29) is 11.8 Å².